The normalized spacial score (nSPS) is 22.8. The molecule has 0 aliphatic carbocycles. The number of aromatic nitrogens is 4. The smallest absolute Gasteiger partial charge is 0.212 e. The third-order valence-corrected chi connectivity index (χ3v) is 8.38. The van der Waals surface area contributed by atoms with Gasteiger partial charge in [-0.05, 0) is 54.6 Å². The predicted octanol–water partition coefficient (Wildman–Crippen LogP) is 3.21. The van der Waals surface area contributed by atoms with Gasteiger partial charge in [0.25, 0.3) is 0 Å². The van der Waals surface area contributed by atoms with Crippen LogP contribution in [0.25, 0.3) is 16.6 Å². The fourth-order valence-corrected chi connectivity index (χ4v) is 6.31. The number of fused-ring (bicyclic) bond motifs is 3. The van der Waals surface area contributed by atoms with Gasteiger partial charge < -0.3 is 15.0 Å². The van der Waals surface area contributed by atoms with Gasteiger partial charge in [0.1, 0.15) is 11.9 Å². The van der Waals surface area contributed by atoms with Crippen LogP contribution in [-0.2, 0) is 6.54 Å². The van der Waals surface area contributed by atoms with E-state index in [1.54, 1.807) is 13.3 Å². The second kappa shape index (κ2) is 9.39. The maximum absolute atomic E-state index is 9.71. The summed E-state index contributed by atoms with van der Waals surface area (Å²) < 4.78 is 7.05. The van der Waals surface area contributed by atoms with Gasteiger partial charge in [-0.2, -0.15) is 10.4 Å². The van der Waals surface area contributed by atoms with Crippen LogP contribution in [-0.4, -0.2) is 69.9 Å². The number of methoxy groups -OCH3 is 1. The summed E-state index contributed by atoms with van der Waals surface area (Å²) in [5.41, 5.74) is 5.93. The second-order valence-electron chi connectivity index (χ2n) is 10.6. The molecule has 9 heteroatoms. The van der Waals surface area contributed by atoms with E-state index in [4.69, 9.17) is 9.72 Å². The van der Waals surface area contributed by atoms with E-state index >= 15 is 0 Å². The van der Waals surface area contributed by atoms with E-state index in [1.807, 2.05) is 23.0 Å². The summed E-state index contributed by atoms with van der Waals surface area (Å²) in [7, 11) is 1.64. The lowest BCUT2D eigenvalue weighted by Gasteiger charge is -2.56. The third kappa shape index (κ3) is 3.97. The number of nitrogens with one attached hydrogen (secondary N) is 1. The zero-order valence-corrected chi connectivity index (χ0v) is 21.4. The average Bonchev–Trinajstić information content (AvgIpc) is 3.66. The lowest BCUT2D eigenvalue weighted by molar-refractivity contribution is -0.00876. The van der Waals surface area contributed by atoms with Crippen molar-refractivity contribution in [2.45, 2.75) is 37.4 Å². The van der Waals surface area contributed by atoms with E-state index in [0.29, 0.717) is 29.4 Å². The summed E-state index contributed by atoms with van der Waals surface area (Å²) in [6.45, 7) is 4.87. The fraction of sp³-hybridized carbons (Fsp3) is 0.379. The van der Waals surface area contributed by atoms with Crippen LogP contribution < -0.4 is 15.0 Å². The number of pyridine rings is 3. The lowest BCUT2D eigenvalue weighted by Crippen LogP contribution is -2.68. The highest BCUT2D eigenvalue weighted by Gasteiger charge is 2.44. The van der Waals surface area contributed by atoms with Crippen molar-refractivity contribution < 1.29 is 4.74 Å². The van der Waals surface area contributed by atoms with Gasteiger partial charge in [-0.3, -0.25) is 4.90 Å². The molecule has 9 nitrogen and oxygen atoms in total. The SMILES string of the molecule is COc1ccc(CN2C3CC2CN(c2ccc(-c4cc(C5CCNC5)cn5ncc(C#N)c45)cn2)C3)cn1. The minimum Gasteiger partial charge on any atom is -0.481 e. The zero-order valence-electron chi connectivity index (χ0n) is 21.4. The molecule has 38 heavy (non-hydrogen) atoms. The summed E-state index contributed by atoms with van der Waals surface area (Å²) in [5, 5.41) is 17.7. The molecule has 4 aliphatic heterocycles. The second-order valence-corrected chi connectivity index (χ2v) is 10.6. The third-order valence-electron chi connectivity index (χ3n) is 8.38. The molecule has 4 aliphatic rings. The first kappa shape index (κ1) is 23.1. The van der Waals surface area contributed by atoms with Crippen molar-refractivity contribution >= 4 is 11.3 Å². The molecule has 3 atom stereocenters. The Morgan fingerprint density at radius 3 is 2.68 bits per heavy atom. The molecular formula is C29H30N8O. The molecule has 4 saturated heterocycles. The molecule has 0 saturated carbocycles. The van der Waals surface area contributed by atoms with Crippen molar-refractivity contribution in [2.24, 2.45) is 0 Å². The average molecular weight is 507 g/mol. The van der Waals surface area contributed by atoms with Gasteiger partial charge in [0.15, 0.2) is 0 Å². The molecular weight excluding hydrogens is 476 g/mol. The maximum Gasteiger partial charge on any atom is 0.212 e. The van der Waals surface area contributed by atoms with Crippen molar-refractivity contribution in [3.63, 3.8) is 0 Å². The van der Waals surface area contributed by atoms with Gasteiger partial charge >= 0.3 is 0 Å². The van der Waals surface area contributed by atoms with Crippen LogP contribution in [0, 0.1) is 11.3 Å². The molecule has 192 valence electrons. The number of piperidine rings is 1. The highest BCUT2D eigenvalue weighted by atomic mass is 16.5. The lowest BCUT2D eigenvalue weighted by atomic mass is 9.87. The minimum absolute atomic E-state index is 0.455. The van der Waals surface area contributed by atoms with Gasteiger partial charge in [-0.25, -0.2) is 14.5 Å². The van der Waals surface area contributed by atoms with Gasteiger partial charge in [0, 0.05) is 74.0 Å². The van der Waals surface area contributed by atoms with E-state index in [0.717, 1.165) is 61.6 Å². The number of nitriles is 1. The van der Waals surface area contributed by atoms with Crippen LogP contribution in [0.2, 0.25) is 0 Å². The van der Waals surface area contributed by atoms with Crippen molar-refractivity contribution in [3.8, 4) is 23.1 Å². The number of hydrogen-bond donors (Lipinski definition) is 1. The highest BCUT2D eigenvalue weighted by molar-refractivity contribution is 5.84. The number of rotatable bonds is 6. The Morgan fingerprint density at radius 1 is 1.11 bits per heavy atom. The van der Waals surface area contributed by atoms with Gasteiger partial charge in [0.2, 0.25) is 5.88 Å². The van der Waals surface area contributed by atoms with E-state index < -0.39 is 0 Å². The molecule has 4 fully saturated rings. The van der Waals surface area contributed by atoms with E-state index in [9.17, 15) is 5.26 Å². The molecule has 0 spiro atoms. The van der Waals surface area contributed by atoms with Crippen LogP contribution in [0.3, 0.4) is 0 Å². The quantitative estimate of drug-likeness (QED) is 0.426. The number of hydrogen-bond acceptors (Lipinski definition) is 8. The Hall–Kier alpha value is -4.00. The summed E-state index contributed by atoms with van der Waals surface area (Å²) in [6.07, 6.45) is 9.95. The zero-order chi connectivity index (χ0) is 25.6. The van der Waals surface area contributed by atoms with E-state index in [2.05, 4.69) is 61.7 Å². The largest absolute Gasteiger partial charge is 0.481 e. The molecule has 0 aromatic carbocycles. The fourth-order valence-electron chi connectivity index (χ4n) is 6.31. The molecule has 2 bridgehead atoms. The summed E-state index contributed by atoms with van der Waals surface area (Å²) in [5.74, 6) is 2.12. The van der Waals surface area contributed by atoms with Crippen molar-refractivity contribution in [3.05, 3.63) is 71.8 Å². The number of piperazine rings is 1. The van der Waals surface area contributed by atoms with Crippen molar-refractivity contribution in [1.29, 1.82) is 5.26 Å². The van der Waals surface area contributed by atoms with Gasteiger partial charge in [0.05, 0.1) is 24.4 Å². The molecule has 3 unspecified atom stereocenters. The predicted molar refractivity (Wildman–Crippen MR) is 144 cm³/mol. The monoisotopic (exact) mass is 506 g/mol. The van der Waals surface area contributed by atoms with Crippen LogP contribution in [0.5, 0.6) is 5.88 Å². The minimum atomic E-state index is 0.455. The Morgan fingerprint density at radius 2 is 2.00 bits per heavy atom. The number of nitrogens with zero attached hydrogens (tertiary/aromatic N) is 7. The first-order valence-electron chi connectivity index (χ1n) is 13.3. The summed E-state index contributed by atoms with van der Waals surface area (Å²) in [6, 6.07) is 13.9. The van der Waals surface area contributed by atoms with E-state index in [-0.39, 0.29) is 0 Å². The standard InChI is InChI=1S/C29H30N8O/c1-38-28-5-2-19(11-33-28)15-36-24-9-25(36)18-35(17-24)27-4-3-21(13-32-27)26-8-22(20-6-7-31-12-20)16-37-29(26)23(10-30)14-34-37/h2-5,8,11,13-14,16,20,24-25,31H,6-7,9,12,15,17-18H2,1H3. The highest BCUT2D eigenvalue weighted by Crippen LogP contribution is 2.37. The van der Waals surface area contributed by atoms with Crippen LogP contribution in [0.4, 0.5) is 5.82 Å². The molecule has 0 amide bonds. The molecule has 8 heterocycles. The Bertz CT molecular complexity index is 1490. The van der Waals surface area contributed by atoms with Gasteiger partial charge in [-0.1, -0.05) is 6.07 Å². The number of anilines is 1. The summed E-state index contributed by atoms with van der Waals surface area (Å²) >= 11 is 0. The van der Waals surface area contributed by atoms with Crippen molar-refractivity contribution in [1.82, 2.24) is 29.8 Å². The Balaban J connectivity index is 1.10. The Labute approximate surface area is 221 Å². The summed E-state index contributed by atoms with van der Waals surface area (Å²) in [4.78, 5) is 14.2. The van der Waals surface area contributed by atoms with Crippen molar-refractivity contribution in [2.75, 3.05) is 38.2 Å². The molecule has 8 rings (SSSR count). The van der Waals surface area contributed by atoms with Crippen LogP contribution >= 0.6 is 0 Å². The van der Waals surface area contributed by atoms with Crippen LogP contribution in [0.15, 0.2) is 55.1 Å². The first-order valence-corrected chi connectivity index (χ1v) is 13.3. The topological polar surface area (TPSA) is 94.6 Å². The van der Waals surface area contributed by atoms with Gasteiger partial charge in [-0.15, -0.1) is 0 Å². The molecule has 1 N–H and O–H groups in total. The molecule has 4 aromatic heterocycles. The first-order chi connectivity index (χ1) is 18.7. The number of ether oxygens (including phenoxy) is 1. The molecule has 4 aromatic rings. The van der Waals surface area contributed by atoms with E-state index in [1.165, 1.54) is 17.5 Å². The maximum atomic E-state index is 9.71. The van der Waals surface area contributed by atoms with Crippen LogP contribution in [0.1, 0.15) is 35.4 Å². The Kier molecular flexibility index (Phi) is 5.72. The molecule has 0 radical (unpaired) electrons.